The second-order valence-corrected chi connectivity index (χ2v) is 9.76. The monoisotopic (exact) mass is 626 g/mol. The maximum atomic E-state index is 5.86. The van der Waals surface area contributed by atoms with Crippen molar-refractivity contribution < 1.29 is 52.1 Å². The second-order valence-electron chi connectivity index (χ2n) is 9.76. The van der Waals surface area contributed by atoms with Crippen LogP contribution in [0.15, 0.2) is 42.5 Å². The molecule has 0 N–H and O–H groups in total. The summed E-state index contributed by atoms with van der Waals surface area (Å²) < 4.78 is 60.6. The first-order valence-corrected chi connectivity index (χ1v) is 15.7. The first-order chi connectivity index (χ1) is 21.8. The van der Waals surface area contributed by atoms with E-state index in [1.165, 1.54) is 0 Å². The van der Waals surface area contributed by atoms with Gasteiger partial charge in [-0.3, -0.25) is 0 Å². The quantitative estimate of drug-likeness (QED) is 0.111. The Labute approximate surface area is 263 Å². The van der Waals surface area contributed by atoms with Gasteiger partial charge < -0.3 is 52.1 Å². The zero-order valence-corrected chi connectivity index (χ0v) is 26.8. The van der Waals surface area contributed by atoms with Crippen LogP contribution >= 0.6 is 0 Å². The highest BCUT2D eigenvalue weighted by molar-refractivity contribution is 5.88. The molecule has 0 radical (unpaired) electrons. The molecular weight excluding hydrogens is 572 g/mol. The van der Waals surface area contributed by atoms with Gasteiger partial charge in [0.05, 0.1) is 132 Å². The molecular formula is C33H54O11. The average Bonchev–Trinajstić information content (AvgIpc) is 3.03. The predicted octanol–water partition coefficient (Wildman–Crippen LogP) is 3.79. The summed E-state index contributed by atoms with van der Waals surface area (Å²) in [6.45, 7) is 14.6. The van der Waals surface area contributed by atoms with Crippen molar-refractivity contribution in [2.24, 2.45) is 0 Å². The van der Waals surface area contributed by atoms with Crippen LogP contribution in [0.3, 0.4) is 0 Å². The van der Waals surface area contributed by atoms with E-state index < -0.39 is 0 Å². The fourth-order valence-corrected chi connectivity index (χ4v) is 3.74. The third kappa shape index (κ3) is 21.7. The van der Waals surface area contributed by atoms with Crippen molar-refractivity contribution in [3.63, 3.8) is 0 Å². The lowest BCUT2D eigenvalue weighted by molar-refractivity contribution is -0.0280. The predicted molar refractivity (Wildman–Crippen MR) is 168 cm³/mol. The Morgan fingerprint density at radius 3 is 1.14 bits per heavy atom. The molecule has 0 aliphatic heterocycles. The summed E-state index contributed by atoms with van der Waals surface area (Å²) in [5, 5.41) is 2.27. The molecule has 0 fully saturated rings. The SMILES string of the molecule is CC(C)OCCOCCOCCOCCOCCOCCOCCOCCOCCOCCOc1cccc2ccccc12. The van der Waals surface area contributed by atoms with Gasteiger partial charge in [0.15, 0.2) is 0 Å². The third-order valence-electron chi connectivity index (χ3n) is 5.89. The summed E-state index contributed by atoms with van der Waals surface area (Å²) in [4.78, 5) is 0. The maximum absolute atomic E-state index is 5.86. The molecule has 0 heterocycles. The van der Waals surface area contributed by atoms with Gasteiger partial charge in [-0.25, -0.2) is 0 Å². The molecule has 44 heavy (non-hydrogen) atoms. The zero-order valence-electron chi connectivity index (χ0n) is 26.8. The van der Waals surface area contributed by atoms with Gasteiger partial charge in [0.1, 0.15) is 12.4 Å². The molecule has 0 aromatic heterocycles. The minimum atomic E-state index is 0.232. The van der Waals surface area contributed by atoms with E-state index in [2.05, 4.69) is 18.2 Å². The van der Waals surface area contributed by atoms with Gasteiger partial charge in [0.2, 0.25) is 0 Å². The Morgan fingerprint density at radius 2 is 0.727 bits per heavy atom. The summed E-state index contributed by atoms with van der Waals surface area (Å²) in [5.74, 6) is 0.875. The largest absolute Gasteiger partial charge is 0.491 e. The van der Waals surface area contributed by atoms with Crippen LogP contribution in [0.1, 0.15) is 13.8 Å². The molecule has 0 aliphatic rings. The topological polar surface area (TPSA) is 102 Å². The molecule has 0 bridgehead atoms. The summed E-state index contributed by atoms with van der Waals surface area (Å²) in [7, 11) is 0. The Hall–Kier alpha value is -1.90. The van der Waals surface area contributed by atoms with Crippen molar-refractivity contribution >= 4 is 10.8 Å². The Balaban J connectivity index is 1.19. The van der Waals surface area contributed by atoms with Crippen LogP contribution in [0.2, 0.25) is 0 Å². The molecule has 252 valence electrons. The molecule has 11 heteroatoms. The minimum Gasteiger partial charge on any atom is -0.491 e. The van der Waals surface area contributed by atoms with Gasteiger partial charge in [-0.05, 0) is 25.3 Å². The highest BCUT2D eigenvalue weighted by atomic mass is 16.6. The van der Waals surface area contributed by atoms with Crippen molar-refractivity contribution in [1.29, 1.82) is 0 Å². The van der Waals surface area contributed by atoms with Crippen LogP contribution in [-0.4, -0.2) is 138 Å². The van der Waals surface area contributed by atoms with Crippen molar-refractivity contribution in [2.45, 2.75) is 20.0 Å². The Morgan fingerprint density at radius 1 is 0.386 bits per heavy atom. The first-order valence-electron chi connectivity index (χ1n) is 15.7. The number of hydrogen-bond donors (Lipinski definition) is 0. The van der Waals surface area contributed by atoms with E-state index >= 15 is 0 Å². The van der Waals surface area contributed by atoms with E-state index in [1.807, 2.05) is 38.1 Å². The van der Waals surface area contributed by atoms with Crippen molar-refractivity contribution in [1.82, 2.24) is 0 Å². The normalized spacial score (nSPS) is 11.6. The number of hydrogen-bond acceptors (Lipinski definition) is 11. The van der Waals surface area contributed by atoms with E-state index in [-0.39, 0.29) is 6.10 Å². The number of fused-ring (bicyclic) bond motifs is 1. The smallest absolute Gasteiger partial charge is 0.127 e. The Kier molecular flexibility index (Phi) is 24.9. The third-order valence-corrected chi connectivity index (χ3v) is 5.89. The van der Waals surface area contributed by atoms with Crippen molar-refractivity contribution in [3.8, 4) is 5.75 Å². The molecule has 0 atom stereocenters. The van der Waals surface area contributed by atoms with Crippen LogP contribution in [0.5, 0.6) is 5.75 Å². The highest BCUT2D eigenvalue weighted by Gasteiger charge is 2.01. The van der Waals surface area contributed by atoms with Crippen molar-refractivity contribution in [3.05, 3.63) is 42.5 Å². The molecule has 0 saturated carbocycles. The average molecular weight is 627 g/mol. The molecule has 2 aromatic rings. The molecule has 11 nitrogen and oxygen atoms in total. The number of benzene rings is 2. The number of rotatable bonds is 32. The lowest BCUT2D eigenvalue weighted by atomic mass is 10.1. The van der Waals surface area contributed by atoms with E-state index in [4.69, 9.17) is 52.1 Å². The van der Waals surface area contributed by atoms with Gasteiger partial charge in [-0.1, -0.05) is 36.4 Å². The van der Waals surface area contributed by atoms with Gasteiger partial charge >= 0.3 is 0 Å². The summed E-state index contributed by atoms with van der Waals surface area (Å²) in [6.07, 6.45) is 0.232. The molecule has 2 aromatic carbocycles. The molecule has 2 rings (SSSR count). The van der Waals surface area contributed by atoms with Crippen LogP contribution in [0, 0.1) is 0 Å². The molecule has 0 aliphatic carbocycles. The maximum Gasteiger partial charge on any atom is 0.127 e. The van der Waals surface area contributed by atoms with Crippen LogP contribution in [0.4, 0.5) is 0 Å². The van der Waals surface area contributed by atoms with Gasteiger partial charge in [-0.2, -0.15) is 0 Å². The van der Waals surface area contributed by atoms with Crippen molar-refractivity contribution in [2.75, 3.05) is 132 Å². The van der Waals surface area contributed by atoms with Crippen LogP contribution in [-0.2, 0) is 47.4 Å². The summed E-state index contributed by atoms with van der Waals surface area (Å²) in [6, 6.07) is 14.2. The van der Waals surface area contributed by atoms with Gasteiger partial charge in [-0.15, -0.1) is 0 Å². The fourth-order valence-electron chi connectivity index (χ4n) is 3.74. The molecule has 0 saturated heterocycles. The molecule has 0 spiro atoms. The fraction of sp³-hybridized carbons (Fsp3) is 0.697. The van der Waals surface area contributed by atoms with Gasteiger partial charge in [0, 0.05) is 5.39 Å². The van der Waals surface area contributed by atoms with E-state index in [0.29, 0.717) is 132 Å². The summed E-state index contributed by atoms with van der Waals surface area (Å²) in [5.41, 5.74) is 0. The standard InChI is InChI=1S/C33H54O11/c1-30(2)43-28-26-41-24-22-39-20-18-37-16-14-35-12-10-34-11-13-36-15-17-38-19-21-40-23-25-42-27-29-44-33-9-5-7-31-6-3-4-8-32(31)33/h3-9,30H,10-29H2,1-2H3. The van der Waals surface area contributed by atoms with E-state index in [9.17, 15) is 0 Å². The van der Waals surface area contributed by atoms with E-state index in [0.717, 1.165) is 16.5 Å². The minimum absolute atomic E-state index is 0.232. The highest BCUT2D eigenvalue weighted by Crippen LogP contribution is 2.24. The Bertz CT molecular complexity index is 894. The molecule has 0 unspecified atom stereocenters. The van der Waals surface area contributed by atoms with E-state index in [1.54, 1.807) is 0 Å². The lowest BCUT2D eigenvalue weighted by Gasteiger charge is -2.10. The summed E-state index contributed by atoms with van der Waals surface area (Å²) >= 11 is 0. The van der Waals surface area contributed by atoms with Crippen LogP contribution < -0.4 is 4.74 Å². The van der Waals surface area contributed by atoms with Gasteiger partial charge in [0.25, 0.3) is 0 Å². The lowest BCUT2D eigenvalue weighted by Crippen LogP contribution is -2.15. The second kappa shape index (κ2) is 28.6. The zero-order chi connectivity index (χ0) is 31.2. The number of ether oxygens (including phenoxy) is 11. The molecule has 0 amide bonds. The van der Waals surface area contributed by atoms with Crippen LogP contribution in [0.25, 0.3) is 10.8 Å². The first kappa shape index (κ1) is 38.3.